The first-order valence-corrected chi connectivity index (χ1v) is 12.4. The summed E-state index contributed by atoms with van der Waals surface area (Å²) in [6.45, 7) is 2.59. The van der Waals surface area contributed by atoms with Gasteiger partial charge in [-0.1, -0.05) is 129 Å². The van der Waals surface area contributed by atoms with Crippen molar-refractivity contribution in [1.29, 1.82) is 0 Å². The first-order chi connectivity index (χ1) is 13.7. The first-order valence-electron chi connectivity index (χ1n) is 12.4. The quantitative estimate of drug-likeness (QED) is 0.150. The van der Waals surface area contributed by atoms with Gasteiger partial charge < -0.3 is 15.7 Å². The molecule has 0 aliphatic rings. The summed E-state index contributed by atoms with van der Waals surface area (Å²) in [6.07, 6.45) is 27.2. The third-order valence-corrected chi connectivity index (χ3v) is 5.76. The number of amides is 2. The zero-order valence-corrected chi connectivity index (χ0v) is 18.9. The number of nitrogens with zero attached hydrogens (tertiary/aromatic N) is 1. The molecule has 0 radical (unpaired) electrons. The Morgan fingerprint density at radius 1 is 0.607 bits per heavy atom. The van der Waals surface area contributed by atoms with Crippen molar-refractivity contribution in [3.05, 3.63) is 0 Å². The molecule has 168 valence electrons. The molecule has 0 fully saturated rings. The fourth-order valence-electron chi connectivity index (χ4n) is 3.81. The minimum absolute atomic E-state index is 0.269. The molecule has 0 saturated heterocycles. The Labute approximate surface area is 175 Å². The van der Waals surface area contributed by atoms with Crippen molar-refractivity contribution in [1.82, 2.24) is 4.90 Å². The molecule has 4 nitrogen and oxygen atoms in total. The number of aliphatic hydroxyl groups is 1. The molecule has 0 aromatic carbocycles. The third kappa shape index (κ3) is 20.0. The van der Waals surface area contributed by atoms with Crippen molar-refractivity contribution in [2.45, 2.75) is 135 Å². The fraction of sp³-hybridized carbons (Fsp3) is 0.958. The summed E-state index contributed by atoms with van der Waals surface area (Å²) in [4.78, 5) is 12.2. The van der Waals surface area contributed by atoms with Crippen LogP contribution in [0.2, 0.25) is 0 Å². The predicted octanol–water partition coefficient (Wildman–Crippen LogP) is 7.14. The van der Waals surface area contributed by atoms with E-state index in [2.05, 4.69) is 6.92 Å². The van der Waals surface area contributed by atoms with Gasteiger partial charge in [-0.3, -0.25) is 0 Å². The molecule has 2 amide bonds. The van der Waals surface area contributed by atoms with Gasteiger partial charge >= 0.3 is 6.03 Å². The number of carbonyl (C=O) groups excluding carboxylic acids is 1. The van der Waals surface area contributed by atoms with Crippen LogP contribution in [-0.4, -0.2) is 29.3 Å². The van der Waals surface area contributed by atoms with E-state index in [-0.39, 0.29) is 6.73 Å². The lowest BCUT2D eigenvalue weighted by Gasteiger charge is -2.16. The molecule has 0 atom stereocenters. The average molecular weight is 399 g/mol. The topological polar surface area (TPSA) is 66.6 Å². The summed E-state index contributed by atoms with van der Waals surface area (Å²) in [7, 11) is 0. The summed E-state index contributed by atoms with van der Waals surface area (Å²) < 4.78 is 0. The van der Waals surface area contributed by atoms with Crippen LogP contribution in [0.4, 0.5) is 4.79 Å². The molecular formula is C24H50N2O2. The number of nitrogens with two attached hydrogens (primary N) is 1. The smallest absolute Gasteiger partial charge is 0.316 e. The number of primary amides is 1. The van der Waals surface area contributed by atoms with Crippen LogP contribution in [0.25, 0.3) is 0 Å². The van der Waals surface area contributed by atoms with Gasteiger partial charge in [-0.25, -0.2) is 4.79 Å². The lowest BCUT2D eigenvalue weighted by molar-refractivity contribution is 0.126. The van der Waals surface area contributed by atoms with Gasteiger partial charge in [-0.05, 0) is 6.42 Å². The number of rotatable bonds is 22. The minimum Gasteiger partial charge on any atom is -0.376 e. The average Bonchev–Trinajstić information content (AvgIpc) is 2.69. The molecule has 0 spiro atoms. The van der Waals surface area contributed by atoms with E-state index in [9.17, 15) is 4.79 Å². The van der Waals surface area contributed by atoms with Crippen molar-refractivity contribution >= 4 is 6.03 Å². The standard InChI is InChI=1S/C24H50N2O2/c1-2-3-4-5-6-7-8-9-10-11-12-13-14-15-16-17-18-19-20-21-22-26(23-27)24(25)28/h27H,2-23H2,1H3,(H2,25,28). The first kappa shape index (κ1) is 27.2. The molecule has 28 heavy (non-hydrogen) atoms. The largest absolute Gasteiger partial charge is 0.376 e. The molecule has 0 saturated carbocycles. The summed E-state index contributed by atoms with van der Waals surface area (Å²) in [6, 6.07) is -0.527. The van der Waals surface area contributed by atoms with Gasteiger partial charge in [0.15, 0.2) is 0 Å². The molecule has 0 heterocycles. The van der Waals surface area contributed by atoms with Crippen LogP contribution in [0.3, 0.4) is 0 Å². The Balaban J connectivity index is 3.09. The lowest BCUT2D eigenvalue weighted by atomic mass is 10.0. The number of hydrogen-bond donors (Lipinski definition) is 2. The van der Waals surface area contributed by atoms with Crippen molar-refractivity contribution in [2.75, 3.05) is 13.3 Å². The Morgan fingerprint density at radius 2 is 0.893 bits per heavy atom. The van der Waals surface area contributed by atoms with Crippen LogP contribution in [0, 0.1) is 0 Å². The zero-order chi connectivity index (χ0) is 20.7. The maximum absolute atomic E-state index is 11.0. The van der Waals surface area contributed by atoms with E-state index in [1.54, 1.807) is 0 Å². The number of urea groups is 1. The Hall–Kier alpha value is -0.770. The van der Waals surface area contributed by atoms with Crippen LogP contribution >= 0.6 is 0 Å². The third-order valence-electron chi connectivity index (χ3n) is 5.76. The summed E-state index contributed by atoms with van der Waals surface area (Å²) >= 11 is 0. The summed E-state index contributed by atoms with van der Waals surface area (Å²) in [5.74, 6) is 0. The van der Waals surface area contributed by atoms with Crippen molar-refractivity contribution in [3.63, 3.8) is 0 Å². The molecule has 0 aliphatic carbocycles. The van der Waals surface area contributed by atoms with Crippen molar-refractivity contribution < 1.29 is 9.90 Å². The van der Waals surface area contributed by atoms with Crippen LogP contribution in [0.1, 0.15) is 135 Å². The van der Waals surface area contributed by atoms with Gasteiger partial charge in [0, 0.05) is 6.54 Å². The highest BCUT2D eigenvalue weighted by molar-refractivity contribution is 5.71. The second-order valence-corrected chi connectivity index (χ2v) is 8.46. The highest BCUT2D eigenvalue weighted by atomic mass is 16.3. The molecule has 4 heteroatoms. The van der Waals surface area contributed by atoms with Crippen LogP contribution in [0.5, 0.6) is 0 Å². The van der Waals surface area contributed by atoms with Crippen LogP contribution < -0.4 is 5.73 Å². The highest BCUT2D eigenvalue weighted by Crippen LogP contribution is 2.14. The summed E-state index contributed by atoms with van der Waals surface area (Å²) in [5.41, 5.74) is 5.16. The monoisotopic (exact) mass is 398 g/mol. The molecule has 0 aromatic heterocycles. The number of carbonyl (C=O) groups is 1. The SMILES string of the molecule is CCCCCCCCCCCCCCCCCCCCCCN(CO)C(N)=O. The van der Waals surface area contributed by atoms with E-state index < -0.39 is 6.03 Å². The predicted molar refractivity (Wildman–Crippen MR) is 121 cm³/mol. The minimum atomic E-state index is -0.527. The fourth-order valence-corrected chi connectivity index (χ4v) is 3.81. The van der Waals surface area contributed by atoms with Gasteiger partial charge in [0.25, 0.3) is 0 Å². The zero-order valence-electron chi connectivity index (χ0n) is 18.9. The number of hydrogen-bond acceptors (Lipinski definition) is 2. The molecule has 3 N–H and O–H groups in total. The molecular weight excluding hydrogens is 348 g/mol. The van der Waals surface area contributed by atoms with E-state index in [4.69, 9.17) is 10.8 Å². The Bertz CT molecular complexity index is 324. The van der Waals surface area contributed by atoms with Gasteiger partial charge in [0.2, 0.25) is 0 Å². The van der Waals surface area contributed by atoms with Gasteiger partial charge in [-0.2, -0.15) is 0 Å². The van der Waals surface area contributed by atoms with E-state index in [1.807, 2.05) is 0 Å². The normalized spacial score (nSPS) is 11.1. The van der Waals surface area contributed by atoms with Gasteiger partial charge in [-0.15, -0.1) is 0 Å². The second-order valence-electron chi connectivity index (χ2n) is 8.46. The second kappa shape index (κ2) is 22.5. The number of aliphatic hydroxyl groups excluding tert-OH is 1. The lowest BCUT2D eigenvalue weighted by Crippen LogP contribution is -2.37. The van der Waals surface area contributed by atoms with Gasteiger partial charge in [0.1, 0.15) is 6.73 Å². The maximum Gasteiger partial charge on any atom is 0.316 e. The highest BCUT2D eigenvalue weighted by Gasteiger charge is 2.06. The maximum atomic E-state index is 11.0. The van der Waals surface area contributed by atoms with E-state index in [0.717, 1.165) is 12.8 Å². The molecule has 0 unspecified atom stereocenters. The summed E-state index contributed by atoms with van der Waals surface area (Å²) in [5, 5.41) is 8.98. The molecule has 0 rings (SSSR count). The molecule has 0 aliphatic heterocycles. The van der Waals surface area contributed by atoms with Crippen molar-refractivity contribution in [2.24, 2.45) is 5.73 Å². The van der Waals surface area contributed by atoms with Crippen molar-refractivity contribution in [3.8, 4) is 0 Å². The molecule has 0 aromatic rings. The Kier molecular flexibility index (Phi) is 21.9. The van der Waals surface area contributed by atoms with Crippen LogP contribution in [0.15, 0.2) is 0 Å². The number of unbranched alkanes of at least 4 members (excludes halogenated alkanes) is 19. The van der Waals surface area contributed by atoms with Gasteiger partial charge in [0.05, 0.1) is 0 Å². The van der Waals surface area contributed by atoms with E-state index in [1.165, 1.54) is 120 Å². The van der Waals surface area contributed by atoms with Crippen LogP contribution in [-0.2, 0) is 0 Å². The van der Waals surface area contributed by atoms with E-state index >= 15 is 0 Å². The molecule has 0 bridgehead atoms. The Morgan fingerprint density at radius 3 is 1.14 bits per heavy atom. The van der Waals surface area contributed by atoms with E-state index in [0.29, 0.717) is 6.54 Å².